The summed E-state index contributed by atoms with van der Waals surface area (Å²) in [5.41, 5.74) is 1.13. The van der Waals surface area contributed by atoms with Gasteiger partial charge in [-0.2, -0.15) is 0 Å². The summed E-state index contributed by atoms with van der Waals surface area (Å²) in [7, 11) is 3.16. The molecule has 0 aliphatic carbocycles. The lowest BCUT2D eigenvalue weighted by Gasteiger charge is -2.25. The molecule has 122 valence electrons. The van der Waals surface area contributed by atoms with E-state index in [4.69, 9.17) is 9.47 Å². The van der Waals surface area contributed by atoms with Crippen molar-refractivity contribution in [1.29, 1.82) is 0 Å². The van der Waals surface area contributed by atoms with E-state index in [1.807, 2.05) is 39.0 Å². The van der Waals surface area contributed by atoms with E-state index in [0.29, 0.717) is 17.3 Å². The summed E-state index contributed by atoms with van der Waals surface area (Å²) in [5, 5.41) is 2.85. The number of rotatable bonds is 5. The molecule has 1 aromatic carbocycles. The molecule has 0 unspecified atom stereocenters. The van der Waals surface area contributed by atoms with Crippen LogP contribution in [0.2, 0.25) is 0 Å². The zero-order valence-corrected chi connectivity index (χ0v) is 14.1. The van der Waals surface area contributed by atoms with Crippen molar-refractivity contribution in [3.05, 3.63) is 47.7 Å². The van der Waals surface area contributed by atoms with Gasteiger partial charge >= 0.3 is 0 Å². The van der Waals surface area contributed by atoms with Gasteiger partial charge in [-0.05, 0) is 50.1 Å². The normalized spacial score (nSPS) is 11.0. The van der Waals surface area contributed by atoms with Gasteiger partial charge in [0.1, 0.15) is 5.82 Å². The van der Waals surface area contributed by atoms with Crippen LogP contribution in [-0.2, 0) is 10.2 Å². The summed E-state index contributed by atoms with van der Waals surface area (Å²) in [6.45, 7) is 5.67. The number of aromatic nitrogens is 1. The molecular formula is C18H22N2O3. The standard InChI is InChI=1S/C18H22N2O3/c1-12-6-9-16(19-11-12)20-17(21)18(2,3)13-7-8-14(22-4)15(10-13)23-5/h6-11H,1-5H3,(H,19,20,21). The van der Waals surface area contributed by atoms with Crippen molar-refractivity contribution in [2.45, 2.75) is 26.2 Å². The van der Waals surface area contributed by atoms with Gasteiger partial charge in [0.15, 0.2) is 11.5 Å². The van der Waals surface area contributed by atoms with Gasteiger partial charge in [0.25, 0.3) is 0 Å². The van der Waals surface area contributed by atoms with Gasteiger partial charge < -0.3 is 14.8 Å². The lowest BCUT2D eigenvalue weighted by molar-refractivity contribution is -0.120. The Hall–Kier alpha value is -2.56. The highest BCUT2D eigenvalue weighted by molar-refractivity contribution is 5.98. The highest BCUT2D eigenvalue weighted by Gasteiger charge is 2.31. The molecule has 0 bridgehead atoms. The topological polar surface area (TPSA) is 60.5 Å². The molecule has 1 N–H and O–H groups in total. The zero-order chi connectivity index (χ0) is 17.0. The number of hydrogen-bond donors (Lipinski definition) is 1. The maximum absolute atomic E-state index is 12.7. The lowest BCUT2D eigenvalue weighted by atomic mass is 9.83. The van der Waals surface area contributed by atoms with Gasteiger partial charge in [-0.15, -0.1) is 0 Å². The Kier molecular flexibility index (Phi) is 4.89. The minimum atomic E-state index is -0.744. The Morgan fingerprint density at radius 2 is 1.78 bits per heavy atom. The summed E-state index contributed by atoms with van der Waals surface area (Å²) < 4.78 is 10.5. The monoisotopic (exact) mass is 314 g/mol. The second kappa shape index (κ2) is 6.69. The number of ether oxygens (including phenoxy) is 2. The quantitative estimate of drug-likeness (QED) is 0.919. The fourth-order valence-electron chi connectivity index (χ4n) is 2.17. The van der Waals surface area contributed by atoms with E-state index < -0.39 is 5.41 Å². The van der Waals surface area contributed by atoms with Gasteiger partial charge in [-0.3, -0.25) is 4.79 Å². The van der Waals surface area contributed by atoms with E-state index in [2.05, 4.69) is 10.3 Å². The van der Waals surface area contributed by atoms with Crippen LogP contribution in [0.25, 0.3) is 0 Å². The van der Waals surface area contributed by atoms with Crippen molar-refractivity contribution < 1.29 is 14.3 Å². The van der Waals surface area contributed by atoms with Crippen LogP contribution in [0.15, 0.2) is 36.5 Å². The molecule has 1 heterocycles. The number of aryl methyl sites for hydroxylation is 1. The summed E-state index contributed by atoms with van der Waals surface area (Å²) in [6, 6.07) is 9.18. The number of nitrogens with zero attached hydrogens (tertiary/aromatic N) is 1. The molecule has 5 heteroatoms. The zero-order valence-electron chi connectivity index (χ0n) is 14.1. The Morgan fingerprint density at radius 3 is 2.35 bits per heavy atom. The Bertz CT molecular complexity index is 694. The van der Waals surface area contributed by atoms with Crippen molar-refractivity contribution in [3.63, 3.8) is 0 Å². The van der Waals surface area contributed by atoms with Crippen molar-refractivity contribution >= 4 is 11.7 Å². The molecule has 0 aliphatic rings. The third-order valence-corrected chi connectivity index (χ3v) is 3.83. The van der Waals surface area contributed by atoms with Crippen LogP contribution in [0.5, 0.6) is 11.5 Å². The predicted octanol–water partition coefficient (Wildman–Crippen LogP) is 3.32. The summed E-state index contributed by atoms with van der Waals surface area (Å²) in [5.74, 6) is 1.63. The molecule has 1 amide bonds. The van der Waals surface area contributed by atoms with E-state index in [0.717, 1.165) is 11.1 Å². The smallest absolute Gasteiger partial charge is 0.235 e. The first-order valence-corrected chi connectivity index (χ1v) is 7.35. The minimum absolute atomic E-state index is 0.138. The molecule has 2 rings (SSSR count). The lowest BCUT2D eigenvalue weighted by Crippen LogP contribution is -2.35. The molecule has 23 heavy (non-hydrogen) atoms. The van der Waals surface area contributed by atoms with Gasteiger partial charge in [0.05, 0.1) is 19.6 Å². The molecule has 1 aromatic heterocycles. The van der Waals surface area contributed by atoms with Gasteiger partial charge in [0, 0.05) is 6.20 Å². The third-order valence-electron chi connectivity index (χ3n) is 3.83. The molecule has 0 spiro atoms. The van der Waals surface area contributed by atoms with Gasteiger partial charge in [-0.1, -0.05) is 12.1 Å². The molecule has 2 aromatic rings. The van der Waals surface area contributed by atoms with E-state index >= 15 is 0 Å². The van der Waals surface area contributed by atoms with Gasteiger partial charge in [0.2, 0.25) is 5.91 Å². The number of amides is 1. The molecule has 0 radical (unpaired) electrons. The second-order valence-corrected chi connectivity index (χ2v) is 5.87. The second-order valence-electron chi connectivity index (χ2n) is 5.87. The minimum Gasteiger partial charge on any atom is -0.493 e. The Balaban J connectivity index is 2.26. The maximum atomic E-state index is 12.7. The maximum Gasteiger partial charge on any atom is 0.235 e. The van der Waals surface area contributed by atoms with Crippen molar-refractivity contribution in [3.8, 4) is 11.5 Å². The van der Waals surface area contributed by atoms with Crippen LogP contribution in [0.4, 0.5) is 5.82 Å². The van der Waals surface area contributed by atoms with Crippen LogP contribution in [-0.4, -0.2) is 25.1 Å². The molecule has 0 saturated heterocycles. The van der Waals surface area contributed by atoms with E-state index in [1.165, 1.54) is 0 Å². The summed E-state index contributed by atoms with van der Waals surface area (Å²) in [4.78, 5) is 16.9. The molecule has 0 atom stereocenters. The molecule has 0 saturated carbocycles. The Labute approximate surface area is 136 Å². The fourth-order valence-corrected chi connectivity index (χ4v) is 2.17. The molecule has 5 nitrogen and oxygen atoms in total. The first-order valence-electron chi connectivity index (χ1n) is 7.35. The third kappa shape index (κ3) is 3.62. The number of carbonyl (C=O) groups is 1. The Morgan fingerprint density at radius 1 is 1.09 bits per heavy atom. The number of benzene rings is 1. The summed E-state index contributed by atoms with van der Waals surface area (Å²) >= 11 is 0. The first kappa shape index (κ1) is 16.8. The van der Waals surface area contributed by atoms with E-state index in [1.54, 1.807) is 32.5 Å². The molecule has 0 fully saturated rings. The number of hydrogen-bond acceptors (Lipinski definition) is 4. The number of pyridine rings is 1. The van der Waals surface area contributed by atoms with Crippen LogP contribution in [0, 0.1) is 6.92 Å². The van der Waals surface area contributed by atoms with Crippen molar-refractivity contribution in [2.75, 3.05) is 19.5 Å². The number of anilines is 1. The van der Waals surface area contributed by atoms with Crippen LogP contribution in [0.3, 0.4) is 0 Å². The summed E-state index contributed by atoms with van der Waals surface area (Å²) in [6.07, 6.45) is 1.72. The van der Waals surface area contributed by atoms with E-state index in [9.17, 15) is 4.79 Å². The number of carbonyl (C=O) groups excluding carboxylic acids is 1. The SMILES string of the molecule is COc1ccc(C(C)(C)C(=O)Nc2ccc(C)cn2)cc1OC. The van der Waals surface area contributed by atoms with Crippen LogP contribution < -0.4 is 14.8 Å². The average molecular weight is 314 g/mol. The highest BCUT2D eigenvalue weighted by Crippen LogP contribution is 2.33. The first-order chi connectivity index (χ1) is 10.9. The predicted molar refractivity (Wildman–Crippen MR) is 90.2 cm³/mol. The van der Waals surface area contributed by atoms with Crippen LogP contribution in [0.1, 0.15) is 25.0 Å². The van der Waals surface area contributed by atoms with Crippen molar-refractivity contribution in [2.24, 2.45) is 0 Å². The van der Waals surface area contributed by atoms with Crippen LogP contribution >= 0.6 is 0 Å². The molecule has 0 aliphatic heterocycles. The molecular weight excluding hydrogens is 292 g/mol. The number of nitrogens with one attached hydrogen (secondary N) is 1. The van der Waals surface area contributed by atoms with Gasteiger partial charge in [-0.25, -0.2) is 4.98 Å². The highest BCUT2D eigenvalue weighted by atomic mass is 16.5. The van der Waals surface area contributed by atoms with Crippen molar-refractivity contribution in [1.82, 2.24) is 4.98 Å². The van der Waals surface area contributed by atoms with E-state index in [-0.39, 0.29) is 5.91 Å². The number of methoxy groups -OCH3 is 2. The fraction of sp³-hybridized carbons (Fsp3) is 0.333. The largest absolute Gasteiger partial charge is 0.493 e. The average Bonchev–Trinajstić information content (AvgIpc) is 2.56.